The van der Waals surface area contributed by atoms with Gasteiger partial charge in [0.2, 0.25) is 5.91 Å². The fraction of sp³-hybridized carbons (Fsp3) is 0.684. The van der Waals surface area contributed by atoms with Crippen LogP contribution in [0.4, 0.5) is 5.00 Å². The average molecular weight is 346 g/mol. The molecule has 1 unspecified atom stereocenters. The lowest BCUT2D eigenvalue weighted by molar-refractivity contribution is -0.116. The van der Waals surface area contributed by atoms with Gasteiger partial charge in [-0.25, -0.2) is 0 Å². The molecule has 2 aliphatic rings. The topological polar surface area (TPSA) is 56.1 Å². The third-order valence-corrected chi connectivity index (χ3v) is 6.59. The number of carbonyl (C=O) groups is 1. The molecule has 3 rings (SSSR count). The van der Waals surface area contributed by atoms with Crippen LogP contribution in [0.15, 0.2) is 0 Å². The van der Waals surface area contributed by atoms with Gasteiger partial charge in [-0.1, -0.05) is 13.3 Å². The third-order valence-electron chi connectivity index (χ3n) is 5.38. The largest absolute Gasteiger partial charge is 0.317 e. The number of anilines is 1. The molecular weight excluding hydrogens is 318 g/mol. The summed E-state index contributed by atoms with van der Waals surface area (Å²) in [7, 11) is 0. The Morgan fingerprint density at radius 3 is 2.96 bits per heavy atom. The lowest BCUT2D eigenvalue weighted by Crippen LogP contribution is -2.40. The van der Waals surface area contributed by atoms with Crippen molar-refractivity contribution in [2.24, 2.45) is 0 Å². The quantitative estimate of drug-likeness (QED) is 0.874. The summed E-state index contributed by atoms with van der Waals surface area (Å²) in [5.74, 6) is 0.0468. The van der Waals surface area contributed by atoms with Crippen LogP contribution < -0.4 is 5.32 Å². The second-order valence-corrected chi connectivity index (χ2v) is 8.02. The molecule has 0 bridgehead atoms. The Bertz CT molecular complexity index is 631. The van der Waals surface area contributed by atoms with Crippen LogP contribution in [0.25, 0.3) is 0 Å². The van der Waals surface area contributed by atoms with Gasteiger partial charge in [0.15, 0.2) is 0 Å². The highest BCUT2D eigenvalue weighted by molar-refractivity contribution is 7.16. The number of nitrogens with zero attached hydrogens (tertiary/aromatic N) is 2. The van der Waals surface area contributed by atoms with E-state index in [0.717, 1.165) is 43.8 Å². The van der Waals surface area contributed by atoms with Gasteiger partial charge in [0.1, 0.15) is 11.1 Å². The van der Waals surface area contributed by atoms with Gasteiger partial charge in [-0.05, 0) is 57.1 Å². The van der Waals surface area contributed by atoms with Gasteiger partial charge in [0.25, 0.3) is 0 Å². The van der Waals surface area contributed by atoms with Gasteiger partial charge < -0.3 is 5.32 Å². The second-order valence-electron chi connectivity index (χ2n) is 6.92. The van der Waals surface area contributed by atoms with Crippen molar-refractivity contribution in [2.75, 3.05) is 18.4 Å². The SMILES string of the molecule is CCC1CCCCN1CCC(=O)Nc1sc2c(c1C#N)CCCC2. The fourth-order valence-electron chi connectivity index (χ4n) is 4.02. The van der Waals surface area contributed by atoms with Crippen LogP contribution in [0.2, 0.25) is 0 Å². The maximum atomic E-state index is 12.4. The van der Waals surface area contributed by atoms with Crippen molar-refractivity contribution in [2.45, 2.75) is 70.8 Å². The van der Waals surface area contributed by atoms with Crippen molar-refractivity contribution in [3.8, 4) is 6.07 Å². The number of rotatable bonds is 5. The first-order valence-corrected chi connectivity index (χ1v) is 10.1. The van der Waals surface area contributed by atoms with Gasteiger partial charge in [-0.3, -0.25) is 9.69 Å². The zero-order chi connectivity index (χ0) is 16.9. The average Bonchev–Trinajstić information content (AvgIpc) is 2.97. The van der Waals surface area contributed by atoms with Crippen LogP contribution in [0.1, 0.15) is 67.9 Å². The van der Waals surface area contributed by atoms with Gasteiger partial charge in [-0.2, -0.15) is 5.26 Å². The van der Waals surface area contributed by atoms with Gasteiger partial charge in [0, 0.05) is 23.9 Å². The predicted molar refractivity (Wildman–Crippen MR) is 98.4 cm³/mol. The van der Waals surface area contributed by atoms with Crippen molar-refractivity contribution < 1.29 is 4.79 Å². The minimum Gasteiger partial charge on any atom is -0.317 e. The van der Waals surface area contributed by atoms with Crippen LogP contribution in [0.3, 0.4) is 0 Å². The number of nitriles is 1. The molecule has 0 saturated carbocycles. The molecule has 0 aromatic carbocycles. The highest BCUT2D eigenvalue weighted by Gasteiger charge is 2.23. The van der Waals surface area contributed by atoms with E-state index in [1.807, 2.05) is 0 Å². The van der Waals surface area contributed by atoms with E-state index in [9.17, 15) is 10.1 Å². The molecule has 0 radical (unpaired) electrons. The highest BCUT2D eigenvalue weighted by Crippen LogP contribution is 2.37. The van der Waals surface area contributed by atoms with Crippen LogP contribution in [-0.4, -0.2) is 29.9 Å². The Labute approximate surface area is 148 Å². The van der Waals surface area contributed by atoms with E-state index in [-0.39, 0.29) is 5.91 Å². The molecule has 24 heavy (non-hydrogen) atoms. The van der Waals surface area contributed by atoms with Gasteiger partial charge in [0.05, 0.1) is 5.56 Å². The molecular formula is C19H27N3OS. The first-order chi connectivity index (χ1) is 11.7. The van der Waals surface area contributed by atoms with E-state index in [1.54, 1.807) is 11.3 Å². The number of piperidine rings is 1. The summed E-state index contributed by atoms with van der Waals surface area (Å²) >= 11 is 1.61. The first-order valence-electron chi connectivity index (χ1n) is 9.31. The Hall–Kier alpha value is -1.38. The molecule has 1 aliphatic heterocycles. The van der Waals surface area contributed by atoms with Crippen LogP contribution in [0.5, 0.6) is 0 Å². The molecule has 1 aliphatic carbocycles. The minimum absolute atomic E-state index is 0.0468. The number of thiophene rings is 1. The van der Waals surface area contributed by atoms with Crippen LogP contribution in [0, 0.1) is 11.3 Å². The number of hydrogen-bond donors (Lipinski definition) is 1. The number of aryl methyl sites for hydroxylation is 1. The van der Waals surface area contributed by atoms with Crippen molar-refractivity contribution in [3.63, 3.8) is 0 Å². The predicted octanol–water partition coefficient (Wildman–Crippen LogP) is 4.09. The minimum atomic E-state index is 0.0468. The molecule has 130 valence electrons. The fourth-order valence-corrected chi connectivity index (χ4v) is 5.28. The lowest BCUT2D eigenvalue weighted by atomic mass is 9.96. The molecule has 1 saturated heterocycles. The lowest BCUT2D eigenvalue weighted by Gasteiger charge is -2.34. The maximum Gasteiger partial charge on any atom is 0.226 e. The van der Waals surface area contributed by atoms with E-state index in [2.05, 4.69) is 23.2 Å². The molecule has 4 nitrogen and oxygen atoms in total. The van der Waals surface area contributed by atoms with Gasteiger partial charge in [-0.15, -0.1) is 11.3 Å². The molecule has 1 fully saturated rings. The van der Waals surface area contributed by atoms with E-state index in [4.69, 9.17) is 0 Å². The van der Waals surface area contributed by atoms with E-state index >= 15 is 0 Å². The molecule has 2 heterocycles. The Morgan fingerprint density at radius 2 is 2.17 bits per heavy atom. The van der Waals surface area contributed by atoms with Crippen LogP contribution >= 0.6 is 11.3 Å². The van der Waals surface area contributed by atoms with Gasteiger partial charge >= 0.3 is 0 Å². The monoisotopic (exact) mass is 345 g/mol. The van der Waals surface area contributed by atoms with Crippen molar-refractivity contribution in [1.29, 1.82) is 5.26 Å². The summed E-state index contributed by atoms with van der Waals surface area (Å²) in [6.45, 7) is 4.18. The molecule has 1 atom stereocenters. The number of amides is 1. The normalized spacial score (nSPS) is 21.1. The highest BCUT2D eigenvalue weighted by atomic mass is 32.1. The Balaban J connectivity index is 1.59. The Kier molecular flexibility index (Phi) is 5.91. The summed E-state index contributed by atoms with van der Waals surface area (Å²) in [6.07, 6.45) is 9.88. The standard InChI is InChI=1S/C19H27N3OS/c1-2-14-7-5-6-11-22(14)12-10-18(23)21-19-16(13-20)15-8-3-4-9-17(15)24-19/h14H,2-12H2,1H3,(H,21,23). The molecule has 1 aromatic heterocycles. The number of likely N-dealkylation sites (tertiary alicyclic amines) is 1. The van der Waals surface area contributed by atoms with E-state index < -0.39 is 0 Å². The molecule has 1 amide bonds. The zero-order valence-electron chi connectivity index (χ0n) is 14.6. The number of fused-ring (bicyclic) bond motifs is 1. The number of hydrogen-bond acceptors (Lipinski definition) is 4. The molecule has 1 N–H and O–H groups in total. The maximum absolute atomic E-state index is 12.4. The number of nitrogens with one attached hydrogen (secondary N) is 1. The summed E-state index contributed by atoms with van der Waals surface area (Å²) in [5.41, 5.74) is 1.90. The van der Waals surface area contributed by atoms with Crippen LogP contribution in [-0.2, 0) is 17.6 Å². The summed E-state index contributed by atoms with van der Waals surface area (Å²) in [4.78, 5) is 16.2. The summed E-state index contributed by atoms with van der Waals surface area (Å²) in [6, 6.07) is 2.95. The van der Waals surface area contributed by atoms with Crippen molar-refractivity contribution in [3.05, 3.63) is 16.0 Å². The Morgan fingerprint density at radius 1 is 1.33 bits per heavy atom. The molecule has 0 spiro atoms. The molecule has 1 aromatic rings. The zero-order valence-corrected chi connectivity index (χ0v) is 15.4. The second kappa shape index (κ2) is 8.13. The first kappa shape index (κ1) is 17.4. The molecule has 5 heteroatoms. The third kappa shape index (κ3) is 3.81. The number of carbonyl (C=O) groups excluding carboxylic acids is 1. The van der Waals surface area contributed by atoms with Crippen molar-refractivity contribution >= 4 is 22.2 Å². The summed E-state index contributed by atoms with van der Waals surface area (Å²) in [5, 5.41) is 13.3. The smallest absolute Gasteiger partial charge is 0.226 e. The van der Waals surface area contributed by atoms with E-state index in [0.29, 0.717) is 18.0 Å². The van der Waals surface area contributed by atoms with Crippen molar-refractivity contribution in [1.82, 2.24) is 4.90 Å². The van der Waals surface area contributed by atoms with E-state index in [1.165, 1.54) is 36.1 Å². The summed E-state index contributed by atoms with van der Waals surface area (Å²) < 4.78 is 0.